The van der Waals surface area contributed by atoms with Crippen LogP contribution in [0.1, 0.15) is 13.8 Å². The molecular weight excluding hydrogens is 144 g/mol. The van der Waals surface area contributed by atoms with Crippen molar-refractivity contribution < 1.29 is 4.79 Å². The van der Waals surface area contributed by atoms with Gasteiger partial charge in [0.1, 0.15) is 11.5 Å². The molecule has 0 heterocycles. The average molecular weight is 154 g/mol. The van der Waals surface area contributed by atoms with E-state index in [9.17, 15) is 4.79 Å². The molecule has 4 N–H and O–H groups in total. The maximum absolute atomic E-state index is 10.4. The molecule has 0 aromatic carbocycles. The van der Waals surface area contributed by atoms with Crippen LogP contribution in [0.25, 0.3) is 0 Å². The van der Waals surface area contributed by atoms with Crippen LogP contribution in [0.15, 0.2) is 4.99 Å². The van der Waals surface area contributed by atoms with Crippen LogP contribution in [-0.2, 0) is 4.79 Å². The van der Waals surface area contributed by atoms with E-state index in [-0.39, 0.29) is 17.3 Å². The average Bonchev–Trinajstić information content (AvgIpc) is 1.84. The zero-order valence-electron chi connectivity index (χ0n) is 6.43. The van der Waals surface area contributed by atoms with Gasteiger partial charge in [-0.2, -0.15) is 0 Å². The summed E-state index contributed by atoms with van der Waals surface area (Å²) in [4.78, 5) is 13.9. The van der Waals surface area contributed by atoms with Crippen molar-refractivity contribution >= 4 is 23.2 Å². The van der Waals surface area contributed by atoms with Gasteiger partial charge >= 0.3 is 0 Å². The van der Waals surface area contributed by atoms with Gasteiger partial charge in [0.15, 0.2) is 0 Å². The molecule has 0 aliphatic heterocycles. The Bertz CT molecular complexity index is 241. The van der Waals surface area contributed by atoms with E-state index in [1.807, 2.05) is 0 Å². The van der Waals surface area contributed by atoms with Gasteiger partial charge in [0.25, 0.3) is 5.91 Å². The van der Waals surface area contributed by atoms with Crippen LogP contribution in [0.4, 0.5) is 0 Å². The molecule has 0 aromatic heterocycles. The molecular formula is C6H10N4O. The summed E-state index contributed by atoms with van der Waals surface area (Å²) in [6.07, 6.45) is 0. The van der Waals surface area contributed by atoms with Crippen LogP contribution in [0.2, 0.25) is 0 Å². The van der Waals surface area contributed by atoms with Crippen LogP contribution >= 0.6 is 0 Å². The number of primary amides is 1. The van der Waals surface area contributed by atoms with E-state index in [1.54, 1.807) is 0 Å². The molecule has 60 valence electrons. The summed E-state index contributed by atoms with van der Waals surface area (Å²) in [5.41, 5.74) is 4.62. The van der Waals surface area contributed by atoms with E-state index in [0.29, 0.717) is 0 Å². The highest BCUT2D eigenvalue weighted by atomic mass is 16.1. The molecule has 0 spiro atoms. The van der Waals surface area contributed by atoms with E-state index in [0.717, 1.165) is 0 Å². The summed E-state index contributed by atoms with van der Waals surface area (Å²) in [5, 5.41) is 14.0. The summed E-state index contributed by atoms with van der Waals surface area (Å²) in [5.74, 6) is -0.777. The van der Waals surface area contributed by atoms with Gasteiger partial charge in [-0.3, -0.25) is 15.6 Å². The number of hydrogen-bond donors (Lipinski definition) is 3. The standard InChI is InChI=1S/C6H10N4O/c1-3(10-4(2)7)5(8)6(9)11/h7-8H,1-2H3,(H2,9,11)/b7-4?,8-5?,10-3-. The fourth-order valence-corrected chi connectivity index (χ4v) is 0.486. The van der Waals surface area contributed by atoms with Gasteiger partial charge < -0.3 is 5.73 Å². The Balaban J connectivity index is 4.49. The van der Waals surface area contributed by atoms with Gasteiger partial charge in [-0.15, -0.1) is 0 Å². The molecule has 0 aliphatic rings. The zero-order valence-corrected chi connectivity index (χ0v) is 6.43. The first-order valence-electron chi connectivity index (χ1n) is 2.94. The van der Waals surface area contributed by atoms with Crippen molar-refractivity contribution in [3.63, 3.8) is 0 Å². The molecule has 0 saturated carbocycles. The van der Waals surface area contributed by atoms with E-state index < -0.39 is 5.91 Å². The van der Waals surface area contributed by atoms with Crippen LogP contribution in [-0.4, -0.2) is 23.2 Å². The van der Waals surface area contributed by atoms with Crippen LogP contribution in [0.3, 0.4) is 0 Å². The Labute approximate surface area is 64.3 Å². The molecule has 0 bridgehead atoms. The van der Waals surface area contributed by atoms with Gasteiger partial charge in [0.2, 0.25) is 0 Å². The van der Waals surface area contributed by atoms with E-state index >= 15 is 0 Å². The first-order chi connectivity index (χ1) is 4.95. The van der Waals surface area contributed by atoms with Gasteiger partial charge in [-0.05, 0) is 13.8 Å². The van der Waals surface area contributed by atoms with Crippen LogP contribution in [0.5, 0.6) is 0 Å². The van der Waals surface area contributed by atoms with Crippen molar-refractivity contribution in [1.29, 1.82) is 10.8 Å². The molecule has 5 heteroatoms. The Kier molecular flexibility index (Phi) is 3.10. The number of amidine groups is 1. The second kappa shape index (κ2) is 3.60. The number of carbonyl (C=O) groups excluding carboxylic acids is 1. The third-order valence-electron chi connectivity index (χ3n) is 0.944. The summed E-state index contributed by atoms with van der Waals surface area (Å²) >= 11 is 0. The van der Waals surface area contributed by atoms with Crippen molar-refractivity contribution in [3.8, 4) is 0 Å². The molecule has 0 saturated heterocycles. The number of aliphatic imine (C=N–C) groups is 1. The lowest BCUT2D eigenvalue weighted by Gasteiger charge is -1.96. The number of rotatable bonds is 2. The van der Waals surface area contributed by atoms with Crippen molar-refractivity contribution in [3.05, 3.63) is 0 Å². The van der Waals surface area contributed by atoms with Gasteiger partial charge in [0, 0.05) is 0 Å². The fourth-order valence-electron chi connectivity index (χ4n) is 0.486. The molecule has 0 rings (SSSR count). The maximum atomic E-state index is 10.4. The van der Waals surface area contributed by atoms with Crippen molar-refractivity contribution in [2.45, 2.75) is 13.8 Å². The lowest BCUT2D eigenvalue weighted by Crippen LogP contribution is -2.28. The SMILES string of the molecule is CC(=N)/N=C(/C)C(=N)C(N)=O. The molecule has 0 unspecified atom stereocenters. The summed E-state index contributed by atoms with van der Waals surface area (Å²) in [7, 11) is 0. The minimum atomic E-state index is -0.826. The highest BCUT2D eigenvalue weighted by Crippen LogP contribution is 1.82. The molecule has 0 aliphatic carbocycles. The summed E-state index contributed by atoms with van der Waals surface area (Å²) in [6.45, 7) is 2.92. The first-order valence-corrected chi connectivity index (χ1v) is 2.94. The van der Waals surface area contributed by atoms with Gasteiger partial charge in [-0.1, -0.05) is 0 Å². The molecule has 0 aromatic rings. The lowest BCUT2D eigenvalue weighted by atomic mass is 10.2. The second-order valence-corrected chi connectivity index (χ2v) is 2.02. The summed E-state index contributed by atoms with van der Waals surface area (Å²) < 4.78 is 0. The molecule has 5 nitrogen and oxygen atoms in total. The monoisotopic (exact) mass is 154 g/mol. The minimum absolute atomic E-state index is 0.0495. The van der Waals surface area contributed by atoms with Crippen LogP contribution in [0, 0.1) is 10.8 Å². The molecule has 11 heavy (non-hydrogen) atoms. The van der Waals surface area contributed by atoms with Crippen molar-refractivity contribution in [2.24, 2.45) is 10.7 Å². The van der Waals surface area contributed by atoms with Crippen molar-refractivity contribution in [2.75, 3.05) is 0 Å². The smallest absolute Gasteiger partial charge is 0.268 e. The highest BCUT2D eigenvalue weighted by molar-refractivity contribution is 6.65. The van der Waals surface area contributed by atoms with E-state index in [2.05, 4.69) is 4.99 Å². The zero-order chi connectivity index (χ0) is 9.02. The third kappa shape index (κ3) is 3.24. The Morgan fingerprint density at radius 2 is 1.82 bits per heavy atom. The predicted octanol–water partition coefficient (Wildman–Crippen LogP) is -0.0505. The molecule has 0 atom stereocenters. The van der Waals surface area contributed by atoms with E-state index in [1.165, 1.54) is 13.8 Å². The molecule has 0 fully saturated rings. The summed E-state index contributed by atoms with van der Waals surface area (Å²) in [6, 6.07) is 0. The lowest BCUT2D eigenvalue weighted by molar-refractivity contribution is -0.111. The number of nitrogens with one attached hydrogen (secondary N) is 2. The third-order valence-corrected chi connectivity index (χ3v) is 0.944. The number of hydrogen-bond acceptors (Lipinski definition) is 3. The normalized spacial score (nSPS) is 10.9. The van der Waals surface area contributed by atoms with Gasteiger partial charge in [0.05, 0.1) is 5.71 Å². The Morgan fingerprint density at radius 1 is 1.36 bits per heavy atom. The minimum Gasteiger partial charge on any atom is -0.364 e. The fraction of sp³-hybridized carbons (Fsp3) is 0.333. The topological polar surface area (TPSA) is 103 Å². The highest BCUT2D eigenvalue weighted by Gasteiger charge is 2.07. The number of nitrogens with two attached hydrogens (primary N) is 1. The maximum Gasteiger partial charge on any atom is 0.268 e. The van der Waals surface area contributed by atoms with Crippen LogP contribution < -0.4 is 5.73 Å². The first kappa shape index (κ1) is 9.48. The van der Waals surface area contributed by atoms with Crippen molar-refractivity contribution in [1.82, 2.24) is 0 Å². The predicted molar refractivity (Wildman–Crippen MR) is 43.4 cm³/mol. The number of amides is 1. The second-order valence-electron chi connectivity index (χ2n) is 2.02. The quantitative estimate of drug-likeness (QED) is 0.376. The molecule has 0 radical (unpaired) electrons. The van der Waals surface area contributed by atoms with E-state index in [4.69, 9.17) is 16.6 Å². The largest absolute Gasteiger partial charge is 0.364 e. The molecule has 1 amide bonds. The number of nitrogens with zero attached hydrogens (tertiary/aromatic N) is 1. The Morgan fingerprint density at radius 3 is 2.09 bits per heavy atom. The number of carbonyl (C=O) groups is 1. The van der Waals surface area contributed by atoms with Gasteiger partial charge in [-0.25, -0.2) is 4.99 Å². The Hall–Kier alpha value is -1.52.